The minimum absolute atomic E-state index is 0.0750. The van der Waals surface area contributed by atoms with Gasteiger partial charge in [-0.05, 0) is 52.8 Å². The van der Waals surface area contributed by atoms with Crippen LogP contribution >= 0.6 is 0 Å². The topological polar surface area (TPSA) is 106 Å². The summed E-state index contributed by atoms with van der Waals surface area (Å²) in [6, 6.07) is 17.7. The molecule has 2 aromatic carbocycles. The third kappa shape index (κ3) is 5.68. The van der Waals surface area contributed by atoms with Crippen LogP contribution in [0, 0.1) is 12.8 Å². The molecule has 0 aliphatic rings. The second kappa shape index (κ2) is 11.3. The highest BCUT2D eigenvalue weighted by atomic mass is 16.5. The highest BCUT2D eigenvalue weighted by molar-refractivity contribution is 5.81. The average molecular weight is 489 g/mol. The van der Waals surface area contributed by atoms with Crippen LogP contribution in [0.5, 0.6) is 0 Å². The van der Waals surface area contributed by atoms with Crippen LogP contribution < -0.4 is 5.56 Å². The predicted molar refractivity (Wildman–Crippen MR) is 137 cm³/mol. The number of para-hydroxylation sites is 1. The molecule has 0 unspecified atom stereocenters. The van der Waals surface area contributed by atoms with Crippen molar-refractivity contribution < 1.29 is 9.53 Å². The molecule has 2 aromatic heterocycles. The number of carbonyl (C=O) groups is 1. The molecule has 9 nitrogen and oxygen atoms in total. The second-order valence-electron chi connectivity index (χ2n) is 9.24. The van der Waals surface area contributed by atoms with Crippen molar-refractivity contribution in [1.82, 2.24) is 30.1 Å². The van der Waals surface area contributed by atoms with Crippen molar-refractivity contribution in [2.45, 2.75) is 53.4 Å². The molecule has 0 aliphatic heterocycles. The zero-order valence-electron chi connectivity index (χ0n) is 21.1. The van der Waals surface area contributed by atoms with Gasteiger partial charge >= 0.3 is 5.97 Å². The molecule has 0 amide bonds. The molecule has 188 valence electrons. The van der Waals surface area contributed by atoms with Gasteiger partial charge in [-0.25, -0.2) is 4.68 Å². The summed E-state index contributed by atoms with van der Waals surface area (Å²) in [4.78, 5) is 30.6. The zero-order chi connectivity index (χ0) is 25.7. The van der Waals surface area contributed by atoms with Crippen LogP contribution in [0.4, 0.5) is 0 Å². The van der Waals surface area contributed by atoms with E-state index in [0.717, 1.165) is 22.0 Å². The molecular formula is C27H32N6O3. The Kier molecular flexibility index (Phi) is 7.90. The number of hydrogen-bond acceptors (Lipinski definition) is 7. The Balaban J connectivity index is 1.75. The lowest BCUT2D eigenvalue weighted by Gasteiger charge is -2.33. The number of fused-ring (bicyclic) bond motifs is 1. The Morgan fingerprint density at radius 1 is 1.11 bits per heavy atom. The summed E-state index contributed by atoms with van der Waals surface area (Å²) in [7, 11) is 0. The van der Waals surface area contributed by atoms with E-state index in [-0.39, 0.29) is 30.7 Å². The van der Waals surface area contributed by atoms with Crippen molar-refractivity contribution in [2.75, 3.05) is 6.61 Å². The summed E-state index contributed by atoms with van der Waals surface area (Å²) >= 11 is 0. The number of tetrazole rings is 1. The number of aryl methyl sites for hydroxylation is 1. The molecule has 0 saturated heterocycles. The number of esters is 1. The Labute approximate surface area is 210 Å². The first-order valence-electron chi connectivity index (χ1n) is 12.2. The number of hydrogen-bond donors (Lipinski definition) is 1. The summed E-state index contributed by atoms with van der Waals surface area (Å²) in [5.41, 5.74) is 3.50. The maximum atomic E-state index is 13.1. The van der Waals surface area contributed by atoms with Gasteiger partial charge in [-0.1, -0.05) is 62.4 Å². The lowest BCUT2D eigenvalue weighted by molar-refractivity contribution is -0.144. The van der Waals surface area contributed by atoms with Crippen molar-refractivity contribution in [3.05, 3.63) is 87.5 Å². The summed E-state index contributed by atoms with van der Waals surface area (Å²) < 4.78 is 6.61. The monoisotopic (exact) mass is 488 g/mol. The highest BCUT2D eigenvalue weighted by Crippen LogP contribution is 2.30. The normalized spacial score (nSPS) is 12.4. The first kappa shape index (κ1) is 25.2. The highest BCUT2D eigenvalue weighted by Gasteiger charge is 2.30. The molecule has 36 heavy (non-hydrogen) atoms. The maximum Gasteiger partial charge on any atom is 0.327 e. The Bertz CT molecular complexity index is 1380. The number of nitrogens with one attached hydrogen (secondary N) is 1. The number of nitrogens with zero attached hydrogens (tertiary/aromatic N) is 5. The van der Waals surface area contributed by atoms with Crippen molar-refractivity contribution in [3.63, 3.8) is 0 Å². The molecular weight excluding hydrogens is 456 g/mol. The molecule has 1 N–H and O–H groups in total. The van der Waals surface area contributed by atoms with Gasteiger partial charge in [-0.3, -0.25) is 14.5 Å². The molecule has 0 fully saturated rings. The van der Waals surface area contributed by atoms with Crippen molar-refractivity contribution in [2.24, 2.45) is 5.92 Å². The number of aromatic nitrogens is 5. The van der Waals surface area contributed by atoms with Crippen LogP contribution in [0.15, 0.2) is 59.4 Å². The fourth-order valence-corrected chi connectivity index (χ4v) is 4.58. The van der Waals surface area contributed by atoms with Crippen LogP contribution in [0.25, 0.3) is 10.9 Å². The van der Waals surface area contributed by atoms with Gasteiger partial charge in [-0.2, -0.15) is 0 Å². The summed E-state index contributed by atoms with van der Waals surface area (Å²) in [6.07, 6.45) is 0. The minimum Gasteiger partial charge on any atom is -0.465 e. The quantitative estimate of drug-likeness (QED) is 0.339. The number of rotatable bonds is 10. The lowest BCUT2D eigenvalue weighted by Crippen LogP contribution is -2.35. The van der Waals surface area contributed by atoms with E-state index in [4.69, 9.17) is 4.74 Å². The minimum atomic E-state index is -0.399. The molecule has 4 aromatic rings. The van der Waals surface area contributed by atoms with Crippen LogP contribution in [0.1, 0.15) is 49.3 Å². The van der Waals surface area contributed by atoms with E-state index in [1.807, 2.05) is 49.4 Å². The van der Waals surface area contributed by atoms with Gasteiger partial charge in [0.25, 0.3) is 5.56 Å². The van der Waals surface area contributed by atoms with E-state index in [9.17, 15) is 9.59 Å². The Hall–Kier alpha value is -3.85. The smallest absolute Gasteiger partial charge is 0.327 e. The van der Waals surface area contributed by atoms with E-state index >= 15 is 0 Å². The fourth-order valence-electron chi connectivity index (χ4n) is 4.58. The van der Waals surface area contributed by atoms with Crippen molar-refractivity contribution in [3.8, 4) is 0 Å². The van der Waals surface area contributed by atoms with E-state index in [1.54, 1.807) is 6.92 Å². The van der Waals surface area contributed by atoms with Gasteiger partial charge in [0.1, 0.15) is 6.54 Å². The largest absolute Gasteiger partial charge is 0.465 e. The van der Waals surface area contributed by atoms with E-state index in [2.05, 4.69) is 51.4 Å². The predicted octanol–water partition coefficient (Wildman–Crippen LogP) is 3.79. The van der Waals surface area contributed by atoms with Crippen LogP contribution in [0.3, 0.4) is 0 Å². The molecule has 4 rings (SSSR count). The molecule has 0 spiro atoms. The van der Waals surface area contributed by atoms with Gasteiger partial charge in [0.15, 0.2) is 5.82 Å². The number of ether oxygens (including phenoxy) is 1. The average Bonchev–Trinajstić information content (AvgIpc) is 3.28. The van der Waals surface area contributed by atoms with E-state index in [1.165, 1.54) is 4.68 Å². The second-order valence-corrected chi connectivity index (χ2v) is 9.24. The van der Waals surface area contributed by atoms with Gasteiger partial charge in [0.2, 0.25) is 0 Å². The molecule has 0 bridgehead atoms. The first-order valence-corrected chi connectivity index (χ1v) is 12.2. The summed E-state index contributed by atoms with van der Waals surface area (Å²) in [6.45, 7) is 9.07. The molecule has 2 heterocycles. The van der Waals surface area contributed by atoms with Gasteiger partial charge in [0.05, 0.1) is 18.2 Å². The SMILES string of the molecule is CCOC(=O)Cn1nnnc1[C@H](C(C)C)N(Cc1ccccc1)Cc1cc2cccc(C)c2[nH]c1=O. The van der Waals surface area contributed by atoms with Crippen LogP contribution in [0.2, 0.25) is 0 Å². The summed E-state index contributed by atoms with van der Waals surface area (Å²) in [5, 5.41) is 13.2. The Morgan fingerprint density at radius 3 is 2.61 bits per heavy atom. The molecule has 0 radical (unpaired) electrons. The number of H-pyrrole nitrogens is 1. The first-order chi connectivity index (χ1) is 17.4. The van der Waals surface area contributed by atoms with Gasteiger partial charge in [0, 0.05) is 18.7 Å². The third-order valence-electron chi connectivity index (χ3n) is 6.20. The third-order valence-corrected chi connectivity index (χ3v) is 6.20. The van der Waals surface area contributed by atoms with Gasteiger partial charge < -0.3 is 9.72 Å². The number of pyridine rings is 1. The van der Waals surface area contributed by atoms with Crippen molar-refractivity contribution in [1.29, 1.82) is 0 Å². The number of carbonyl (C=O) groups excluding carboxylic acids is 1. The van der Waals surface area contributed by atoms with Gasteiger partial charge in [-0.15, -0.1) is 5.10 Å². The molecule has 0 saturated carbocycles. The lowest BCUT2D eigenvalue weighted by atomic mass is 9.99. The van der Waals surface area contributed by atoms with Crippen LogP contribution in [-0.4, -0.2) is 42.7 Å². The van der Waals surface area contributed by atoms with E-state index < -0.39 is 5.97 Å². The molecule has 9 heteroatoms. The number of benzene rings is 2. The standard InChI is InChI=1S/C27H32N6O3/c1-5-36-23(34)17-33-26(29-30-31-33)25(18(2)3)32(15-20-11-7-6-8-12-20)16-22-14-21-13-9-10-19(4)24(21)28-27(22)35/h6-14,18,25H,5,15-17H2,1-4H3,(H,28,35)/t25-/m0/s1. The molecule has 1 atom stereocenters. The maximum absolute atomic E-state index is 13.1. The zero-order valence-corrected chi connectivity index (χ0v) is 21.1. The van der Waals surface area contributed by atoms with E-state index in [0.29, 0.717) is 24.5 Å². The fraction of sp³-hybridized carbons (Fsp3) is 0.370. The Morgan fingerprint density at radius 2 is 1.89 bits per heavy atom. The van der Waals surface area contributed by atoms with Crippen LogP contribution in [-0.2, 0) is 29.2 Å². The summed E-state index contributed by atoms with van der Waals surface area (Å²) in [5.74, 6) is 0.244. The van der Waals surface area contributed by atoms with Crippen molar-refractivity contribution >= 4 is 16.9 Å². The molecule has 0 aliphatic carbocycles. The number of aromatic amines is 1.